The Morgan fingerprint density at radius 3 is 3.00 bits per heavy atom. The van der Waals surface area contributed by atoms with Gasteiger partial charge in [0.1, 0.15) is 0 Å². The number of fused-ring (bicyclic) bond motifs is 1. The molecule has 19 heavy (non-hydrogen) atoms. The molecule has 0 fully saturated rings. The highest BCUT2D eigenvalue weighted by Gasteiger charge is 2.05. The summed E-state index contributed by atoms with van der Waals surface area (Å²) in [6, 6.07) is 5.03. The number of anilines is 3. The standard InChI is InChI=1S/C12H12N6O/c1-18-6-8(5-14-18)15-12-16-10-3-2-7(13)4-9(10)11(19)17-12/h2-6H,13H2,1H3,(H2,15,16,17,19). The van der Waals surface area contributed by atoms with Crippen molar-refractivity contribution >= 4 is 28.2 Å². The Kier molecular flexibility index (Phi) is 2.45. The molecule has 3 aromatic rings. The van der Waals surface area contributed by atoms with Crippen molar-refractivity contribution in [1.82, 2.24) is 19.7 Å². The fraction of sp³-hybridized carbons (Fsp3) is 0.0833. The summed E-state index contributed by atoms with van der Waals surface area (Å²) in [4.78, 5) is 18.9. The molecule has 7 nitrogen and oxygen atoms in total. The number of nitrogens with two attached hydrogens (primary N) is 1. The van der Waals surface area contributed by atoms with Crippen molar-refractivity contribution in [1.29, 1.82) is 0 Å². The van der Waals surface area contributed by atoms with Crippen LogP contribution in [0.15, 0.2) is 35.4 Å². The summed E-state index contributed by atoms with van der Waals surface area (Å²) in [6.07, 6.45) is 3.43. The minimum Gasteiger partial charge on any atom is -0.399 e. The van der Waals surface area contributed by atoms with Crippen molar-refractivity contribution in [3.05, 3.63) is 40.9 Å². The second kappa shape index (κ2) is 4.13. The topological polar surface area (TPSA) is 102 Å². The van der Waals surface area contributed by atoms with Gasteiger partial charge in [-0.2, -0.15) is 5.10 Å². The lowest BCUT2D eigenvalue weighted by atomic mass is 10.2. The van der Waals surface area contributed by atoms with Crippen LogP contribution < -0.4 is 16.6 Å². The molecule has 0 radical (unpaired) electrons. The molecule has 0 aliphatic rings. The van der Waals surface area contributed by atoms with Gasteiger partial charge in [0.15, 0.2) is 0 Å². The van der Waals surface area contributed by atoms with E-state index in [0.29, 0.717) is 22.5 Å². The van der Waals surface area contributed by atoms with Crippen LogP contribution in [0.5, 0.6) is 0 Å². The van der Waals surface area contributed by atoms with Crippen LogP contribution in [0.4, 0.5) is 17.3 Å². The Morgan fingerprint density at radius 2 is 2.26 bits per heavy atom. The van der Waals surface area contributed by atoms with E-state index in [4.69, 9.17) is 5.73 Å². The maximum Gasteiger partial charge on any atom is 0.260 e. The Labute approximate surface area is 108 Å². The molecule has 0 atom stereocenters. The molecule has 3 rings (SSSR count). The lowest BCUT2D eigenvalue weighted by Gasteiger charge is -2.04. The average Bonchev–Trinajstić information content (AvgIpc) is 2.76. The summed E-state index contributed by atoms with van der Waals surface area (Å²) >= 11 is 0. The minimum absolute atomic E-state index is 0.233. The van der Waals surface area contributed by atoms with Gasteiger partial charge >= 0.3 is 0 Å². The lowest BCUT2D eigenvalue weighted by molar-refractivity contribution is 0.768. The van der Waals surface area contributed by atoms with Crippen molar-refractivity contribution < 1.29 is 0 Å². The summed E-state index contributed by atoms with van der Waals surface area (Å²) < 4.78 is 1.65. The van der Waals surface area contributed by atoms with Gasteiger partial charge in [-0.25, -0.2) is 4.98 Å². The van der Waals surface area contributed by atoms with Crippen LogP contribution in [0, 0.1) is 0 Å². The highest BCUT2D eigenvalue weighted by atomic mass is 16.1. The van der Waals surface area contributed by atoms with E-state index >= 15 is 0 Å². The molecule has 0 saturated heterocycles. The Balaban J connectivity index is 2.06. The van der Waals surface area contributed by atoms with Crippen molar-refractivity contribution in [2.24, 2.45) is 7.05 Å². The van der Waals surface area contributed by atoms with Crippen molar-refractivity contribution in [3.8, 4) is 0 Å². The van der Waals surface area contributed by atoms with Gasteiger partial charge in [0.05, 0.1) is 22.8 Å². The van der Waals surface area contributed by atoms with E-state index < -0.39 is 0 Å². The smallest absolute Gasteiger partial charge is 0.260 e. The van der Waals surface area contributed by atoms with Gasteiger partial charge < -0.3 is 11.1 Å². The molecule has 96 valence electrons. The van der Waals surface area contributed by atoms with Crippen LogP contribution >= 0.6 is 0 Å². The second-order valence-corrected chi connectivity index (χ2v) is 4.22. The zero-order chi connectivity index (χ0) is 13.4. The maximum absolute atomic E-state index is 11.9. The van der Waals surface area contributed by atoms with E-state index in [1.807, 2.05) is 7.05 Å². The van der Waals surface area contributed by atoms with Gasteiger partial charge in [-0.05, 0) is 18.2 Å². The first-order chi connectivity index (χ1) is 9.11. The maximum atomic E-state index is 11.9. The third-order valence-corrected chi connectivity index (χ3v) is 2.70. The van der Waals surface area contributed by atoms with Crippen molar-refractivity contribution in [2.75, 3.05) is 11.1 Å². The molecule has 2 heterocycles. The number of aromatic amines is 1. The molecule has 0 amide bonds. The summed E-state index contributed by atoms with van der Waals surface area (Å²) in [5.41, 5.74) is 7.29. The monoisotopic (exact) mass is 256 g/mol. The first-order valence-corrected chi connectivity index (χ1v) is 5.67. The second-order valence-electron chi connectivity index (χ2n) is 4.22. The number of hydrogen-bond donors (Lipinski definition) is 3. The molecule has 2 aromatic heterocycles. The Morgan fingerprint density at radius 1 is 1.42 bits per heavy atom. The molecule has 0 spiro atoms. The molecule has 0 saturated carbocycles. The molecule has 0 unspecified atom stereocenters. The molecule has 0 aliphatic carbocycles. The average molecular weight is 256 g/mol. The summed E-state index contributed by atoms with van der Waals surface area (Å²) in [5, 5.41) is 7.49. The van der Waals surface area contributed by atoms with E-state index in [9.17, 15) is 4.79 Å². The molecule has 0 aliphatic heterocycles. The normalized spacial score (nSPS) is 10.8. The van der Waals surface area contributed by atoms with Gasteiger partial charge in [-0.15, -0.1) is 0 Å². The number of H-pyrrole nitrogens is 1. The predicted molar refractivity (Wildman–Crippen MR) is 73.3 cm³/mol. The van der Waals surface area contributed by atoms with Gasteiger partial charge in [0.2, 0.25) is 5.95 Å². The van der Waals surface area contributed by atoms with Crippen LogP contribution in [0.3, 0.4) is 0 Å². The van der Waals surface area contributed by atoms with Crippen molar-refractivity contribution in [3.63, 3.8) is 0 Å². The number of rotatable bonds is 2. The van der Waals surface area contributed by atoms with Crippen LogP contribution in [-0.2, 0) is 7.05 Å². The first kappa shape index (κ1) is 11.3. The van der Waals surface area contributed by atoms with Gasteiger partial charge in [0.25, 0.3) is 5.56 Å². The minimum atomic E-state index is -0.233. The number of hydrogen-bond acceptors (Lipinski definition) is 5. The molecule has 4 N–H and O–H groups in total. The fourth-order valence-electron chi connectivity index (χ4n) is 1.84. The predicted octanol–water partition coefficient (Wildman–Crippen LogP) is 0.982. The van der Waals surface area contributed by atoms with E-state index in [1.165, 1.54) is 0 Å². The van der Waals surface area contributed by atoms with Crippen molar-refractivity contribution in [2.45, 2.75) is 0 Å². The first-order valence-electron chi connectivity index (χ1n) is 5.67. The third-order valence-electron chi connectivity index (χ3n) is 2.70. The Bertz CT molecular complexity index is 803. The number of aryl methyl sites for hydroxylation is 1. The number of nitrogen functional groups attached to an aromatic ring is 1. The molecular formula is C12H12N6O. The Hall–Kier alpha value is -2.83. The van der Waals surface area contributed by atoms with Crippen LogP contribution in [0.2, 0.25) is 0 Å². The van der Waals surface area contributed by atoms with Crippen LogP contribution in [0.25, 0.3) is 10.9 Å². The van der Waals surface area contributed by atoms with E-state index in [-0.39, 0.29) is 5.56 Å². The third kappa shape index (κ3) is 2.13. The van der Waals surface area contributed by atoms with Gasteiger partial charge in [0, 0.05) is 18.9 Å². The van der Waals surface area contributed by atoms with E-state index in [0.717, 1.165) is 5.69 Å². The molecular weight excluding hydrogens is 244 g/mol. The summed E-state index contributed by atoms with van der Waals surface area (Å²) in [7, 11) is 1.81. The zero-order valence-corrected chi connectivity index (χ0v) is 10.2. The molecule has 7 heteroatoms. The number of nitrogens with zero attached hydrogens (tertiary/aromatic N) is 3. The number of benzene rings is 1. The fourth-order valence-corrected chi connectivity index (χ4v) is 1.84. The summed E-state index contributed by atoms with van der Waals surface area (Å²) in [6.45, 7) is 0. The molecule has 1 aromatic carbocycles. The zero-order valence-electron chi connectivity index (χ0n) is 10.2. The SMILES string of the molecule is Cn1cc(Nc2nc3ccc(N)cc3c(=O)[nH]2)cn1. The summed E-state index contributed by atoms with van der Waals surface area (Å²) in [5.74, 6) is 0.371. The number of nitrogens with one attached hydrogen (secondary N) is 2. The largest absolute Gasteiger partial charge is 0.399 e. The van der Waals surface area contributed by atoms with Crippen LogP contribution in [0.1, 0.15) is 0 Å². The highest BCUT2D eigenvalue weighted by molar-refractivity contribution is 5.82. The quantitative estimate of drug-likeness (QED) is 0.593. The highest BCUT2D eigenvalue weighted by Crippen LogP contribution is 2.15. The van der Waals surface area contributed by atoms with Crippen LogP contribution in [-0.4, -0.2) is 19.7 Å². The van der Waals surface area contributed by atoms with E-state index in [2.05, 4.69) is 20.4 Å². The van der Waals surface area contributed by atoms with E-state index in [1.54, 1.807) is 35.3 Å². The lowest BCUT2D eigenvalue weighted by Crippen LogP contribution is -2.11. The van der Waals surface area contributed by atoms with Gasteiger partial charge in [-0.1, -0.05) is 0 Å². The van der Waals surface area contributed by atoms with Gasteiger partial charge in [-0.3, -0.25) is 14.5 Å². The molecule has 0 bridgehead atoms. The number of aromatic nitrogens is 4.